The van der Waals surface area contributed by atoms with Crippen LogP contribution in [0.1, 0.15) is 44.1 Å². The lowest BCUT2D eigenvalue weighted by molar-refractivity contribution is -0.274. The minimum absolute atomic E-state index is 0.105. The molecule has 1 fully saturated rings. The van der Waals surface area contributed by atoms with Crippen molar-refractivity contribution in [2.24, 2.45) is 11.8 Å². The summed E-state index contributed by atoms with van der Waals surface area (Å²) in [4.78, 5) is 0. The second kappa shape index (κ2) is 5.43. The molecule has 0 spiro atoms. The summed E-state index contributed by atoms with van der Waals surface area (Å²) in [5.74, 6) is 1.47. The SMILES string of the molecule is CC1CCCC(C2CNc3c(OC(F)(F)F)cccc32)C1. The van der Waals surface area contributed by atoms with Gasteiger partial charge in [-0.25, -0.2) is 0 Å². The molecule has 0 bridgehead atoms. The molecule has 2 nitrogen and oxygen atoms in total. The topological polar surface area (TPSA) is 21.3 Å². The van der Waals surface area contributed by atoms with Crippen LogP contribution in [-0.2, 0) is 0 Å². The van der Waals surface area contributed by atoms with Gasteiger partial charge >= 0.3 is 6.36 Å². The first-order chi connectivity index (χ1) is 9.94. The Morgan fingerprint density at radius 1 is 1.24 bits per heavy atom. The van der Waals surface area contributed by atoms with Crippen molar-refractivity contribution >= 4 is 5.69 Å². The number of para-hydroxylation sites is 1. The predicted octanol–water partition coefficient (Wildman–Crippen LogP) is 4.92. The summed E-state index contributed by atoms with van der Waals surface area (Å²) in [5.41, 5.74) is 1.51. The Morgan fingerprint density at radius 3 is 2.76 bits per heavy atom. The van der Waals surface area contributed by atoms with Gasteiger partial charge in [0.05, 0.1) is 5.69 Å². The number of fused-ring (bicyclic) bond motifs is 1. The molecule has 0 amide bonds. The molecular formula is C16H20F3NO. The van der Waals surface area contributed by atoms with Crippen LogP contribution in [-0.4, -0.2) is 12.9 Å². The molecule has 5 heteroatoms. The molecule has 0 saturated heterocycles. The van der Waals surface area contributed by atoms with E-state index in [9.17, 15) is 13.2 Å². The van der Waals surface area contributed by atoms with Crippen molar-refractivity contribution < 1.29 is 17.9 Å². The zero-order valence-corrected chi connectivity index (χ0v) is 12.0. The molecule has 3 atom stereocenters. The number of nitrogens with one attached hydrogen (secondary N) is 1. The standard InChI is InChI=1S/C16H20F3NO/c1-10-4-2-5-11(8-10)13-9-20-15-12(13)6-3-7-14(15)21-16(17,18)19/h3,6-7,10-11,13,20H,2,4-5,8-9H2,1H3. The highest BCUT2D eigenvalue weighted by Crippen LogP contribution is 2.47. The Hall–Kier alpha value is -1.39. The maximum absolute atomic E-state index is 12.5. The summed E-state index contributed by atoms with van der Waals surface area (Å²) in [7, 11) is 0. The van der Waals surface area contributed by atoms with Crippen molar-refractivity contribution in [3.8, 4) is 5.75 Å². The first-order valence-corrected chi connectivity index (χ1v) is 7.56. The van der Waals surface area contributed by atoms with E-state index in [2.05, 4.69) is 17.0 Å². The quantitative estimate of drug-likeness (QED) is 0.837. The minimum Gasteiger partial charge on any atom is -0.404 e. The lowest BCUT2D eigenvalue weighted by Crippen LogP contribution is -2.21. The molecule has 3 unspecified atom stereocenters. The van der Waals surface area contributed by atoms with Gasteiger partial charge in [0.25, 0.3) is 0 Å². The second-order valence-electron chi connectivity index (χ2n) is 6.29. The minimum atomic E-state index is -4.64. The number of benzene rings is 1. The molecule has 1 aliphatic carbocycles. The van der Waals surface area contributed by atoms with Gasteiger partial charge in [-0.1, -0.05) is 31.9 Å². The van der Waals surface area contributed by atoms with Gasteiger partial charge in [0.15, 0.2) is 5.75 Å². The number of hydrogen-bond donors (Lipinski definition) is 1. The van der Waals surface area contributed by atoms with E-state index >= 15 is 0 Å². The maximum Gasteiger partial charge on any atom is 0.573 e. The van der Waals surface area contributed by atoms with Gasteiger partial charge in [-0.2, -0.15) is 0 Å². The van der Waals surface area contributed by atoms with Crippen molar-refractivity contribution in [1.82, 2.24) is 0 Å². The smallest absolute Gasteiger partial charge is 0.404 e. The van der Waals surface area contributed by atoms with E-state index in [1.807, 2.05) is 6.07 Å². The fourth-order valence-electron chi connectivity index (χ4n) is 3.85. The van der Waals surface area contributed by atoms with E-state index in [0.29, 0.717) is 30.0 Å². The van der Waals surface area contributed by atoms with Crippen LogP contribution >= 0.6 is 0 Å². The van der Waals surface area contributed by atoms with Crippen LogP contribution in [0.4, 0.5) is 18.9 Å². The van der Waals surface area contributed by atoms with Crippen LogP contribution < -0.4 is 10.1 Å². The van der Waals surface area contributed by atoms with Gasteiger partial charge in [-0.05, 0) is 36.3 Å². The molecule has 0 aromatic heterocycles. The van der Waals surface area contributed by atoms with Crippen LogP contribution in [0, 0.1) is 11.8 Å². The summed E-state index contributed by atoms with van der Waals surface area (Å²) in [6.45, 7) is 2.98. The molecule has 116 valence electrons. The zero-order chi connectivity index (χ0) is 15.0. The van der Waals surface area contributed by atoms with Crippen LogP contribution in [0.3, 0.4) is 0 Å². The molecule has 0 radical (unpaired) electrons. The number of hydrogen-bond acceptors (Lipinski definition) is 2. The van der Waals surface area contributed by atoms with Crippen LogP contribution in [0.15, 0.2) is 18.2 Å². The number of rotatable bonds is 2. The Labute approximate surface area is 122 Å². The number of halogens is 3. The Balaban J connectivity index is 1.84. The van der Waals surface area contributed by atoms with Crippen molar-refractivity contribution in [2.45, 2.75) is 44.9 Å². The van der Waals surface area contributed by atoms with E-state index in [0.717, 1.165) is 12.0 Å². The van der Waals surface area contributed by atoms with Gasteiger partial charge in [-0.15, -0.1) is 13.2 Å². The normalized spacial score (nSPS) is 28.9. The second-order valence-corrected chi connectivity index (χ2v) is 6.29. The maximum atomic E-state index is 12.5. The molecule has 2 aliphatic rings. The highest BCUT2D eigenvalue weighted by Gasteiger charge is 2.37. The van der Waals surface area contributed by atoms with Gasteiger partial charge in [0, 0.05) is 12.5 Å². The fraction of sp³-hybridized carbons (Fsp3) is 0.625. The first-order valence-electron chi connectivity index (χ1n) is 7.56. The number of ether oxygens (including phenoxy) is 1. The highest BCUT2D eigenvalue weighted by molar-refractivity contribution is 5.67. The summed E-state index contributed by atoms with van der Waals surface area (Å²) >= 11 is 0. The monoisotopic (exact) mass is 299 g/mol. The molecular weight excluding hydrogens is 279 g/mol. The lowest BCUT2D eigenvalue weighted by Gasteiger charge is -2.31. The third-order valence-electron chi connectivity index (χ3n) is 4.73. The third-order valence-corrected chi connectivity index (χ3v) is 4.73. The summed E-state index contributed by atoms with van der Waals surface area (Å²) in [5, 5.41) is 3.13. The average Bonchev–Trinajstić information content (AvgIpc) is 2.82. The zero-order valence-electron chi connectivity index (χ0n) is 12.0. The van der Waals surface area contributed by atoms with Crippen molar-refractivity contribution in [3.05, 3.63) is 23.8 Å². The first kappa shape index (κ1) is 14.5. The van der Waals surface area contributed by atoms with E-state index in [-0.39, 0.29) is 5.75 Å². The Kier molecular flexibility index (Phi) is 3.76. The van der Waals surface area contributed by atoms with Gasteiger partial charge in [0.1, 0.15) is 0 Å². The van der Waals surface area contributed by atoms with Crippen molar-refractivity contribution in [2.75, 3.05) is 11.9 Å². The molecule has 1 N–H and O–H groups in total. The molecule has 1 aromatic carbocycles. The highest BCUT2D eigenvalue weighted by atomic mass is 19.4. The molecule has 21 heavy (non-hydrogen) atoms. The van der Waals surface area contributed by atoms with Crippen LogP contribution in [0.25, 0.3) is 0 Å². The molecule has 1 heterocycles. The number of alkyl halides is 3. The fourth-order valence-corrected chi connectivity index (χ4v) is 3.85. The predicted molar refractivity (Wildman–Crippen MR) is 75.5 cm³/mol. The molecule has 1 aromatic rings. The largest absolute Gasteiger partial charge is 0.573 e. The molecule has 3 rings (SSSR count). The number of anilines is 1. The van der Waals surface area contributed by atoms with Crippen molar-refractivity contribution in [3.63, 3.8) is 0 Å². The molecule has 1 saturated carbocycles. The van der Waals surface area contributed by atoms with E-state index in [1.165, 1.54) is 25.3 Å². The summed E-state index contributed by atoms with van der Waals surface area (Å²) in [6.07, 6.45) is 0.169. The van der Waals surface area contributed by atoms with E-state index in [4.69, 9.17) is 0 Å². The van der Waals surface area contributed by atoms with Crippen LogP contribution in [0.5, 0.6) is 5.75 Å². The van der Waals surface area contributed by atoms with Crippen molar-refractivity contribution in [1.29, 1.82) is 0 Å². The molecule has 1 aliphatic heterocycles. The Morgan fingerprint density at radius 2 is 2.05 bits per heavy atom. The van der Waals surface area contributed by atoms with Crippen LogP contribution in [0.2, 0.25) is 0 Å². The van der Waals surface area contributed by atoms with Gasteiger partial charge in [-0.3, -0.25) is 0 Å². The van der Waals surface area contributed by atoms with Gasteiger partial charge in [0.2, 0.25) is 0 Å². The van der Waals surface area contributed by atoms with Gasteiger partial charge < -0.3 is 10.1 Å². The summed E-state index contributed by atoms with van der Waals surface area (Å²) < 4.78 is 41.5. The van der Waals surface area contributed by atoms with E-state index < -0.39 is 6.36 Å². The lowest BCUT2D eigenvalue weighted by atomic mass is 9.74. The average molecular weight is 299 g/mol. The third kappa shape index (κ3) is 3.11. The van der Waals surface area contributed by atoms with E-state index in [1.54, 1.807) is 6.07 Å². The summed E-state index contributed by atoms with van der Waals surface area (Å²) in [6, 6.07) is 4.97. The Bertz CT molecular complexity index is 515.